The molecule has 1 spiro atoms. The summed E-state index contributed by atoms with van der Waals surface area (Å²) in [5.74, 6) is 1.07. The highest BCUT2D eigenvalue weighted by atomic mass is 16.2. The summed E-state index contributed by atoms with van der Waals surface area (Å²) in [7, 11) is 0. The van der Waals surface area contributed by atoms with Crippen LogP contribution in [0.5, 0.6) is 0 Å². The highest BCUT2D eigenvalue weighted by Crippen LogP contribution is 2.58. The standard InChI is InChI=1S/C18H26N2O/c1-14(15-5-3-2-4-6-15)7-10-20-17(21)16-13-18(16)8-11-19-12-9-18/h2-6,14,16,19H,7-13H2,1H3,(H,20,21). The summed E-state index contributed by atoms with van der Waals surface area (Å²) in [6.07, 6.45) is 4.46. The molecule has 2 fully saturated rings. The first kappa shape index (κ1) is 14.6. The topological polar surface area (TPSA) is 41.1 Å². The van der Waals surface area contributed by atoms with Crippen LogP contribution in [-0.4, -0.2) is 25.5 Å². The first-order valence-corrected chi connectivity index (χ1v) is 8.25. The Bertz CT molecular complexity index is 479. The third kappa shape index (κ3) is 3.29. The Hall–Kier alpha value is -1.35. The second-order valence-corrected chi connectivity index (χ2v) is 6.76. The molecular weight excluding hydrogens is 260 g/mol. The number of nitrogens with one attached hydrogen (secondary N) is 2. The summed E-state index contributed by atoms with van der Waals surface area (Å²) in [6, 6.07) is 10.5. The number of hydrogen-bond acceptors (Lipinski definition) is 2. The van der Waals surface area contributed by atoms with Gasteiger partial charge in [-0.2, -0.15) is 0 Å². The fraction of sp³-hybridized carbons (Fsp3) is 0.611. The van der Waals surface area contributed by atoms with Crippen molar-refractivity contribution < 1.29 is 4.79 Å². The van der Waals surface area contributed by atoms with Gasteiger partial charge in [0.05, 0.1) is 0 Å². The Morgan fingerprint density at radius 2 is 2.05 bits per heavy atom. The molecule has 0 radical (unpaired) electrons. The number of amides is 1. The molecular formula is C18H26N2O. The van der Waals surface area contributed by atoms with Crippen molar-refractivity contribution in [2.75, 3.05) is 19.6 Å². The highest BCUT2D eigenvalue weighted by Gasteiger charge is 2.57. The van der Waals surface area contributed by atoms with Crippen LogP contribution in [0.2, 0.25) is 0 Å². The van der Waals surface area contributed by atoms with Gasteiger partial charge < -0.3 is 10.6 Å². The maximum atomic E-state index is 12.3. The molecule has 1 saturated carbocycles. The molecule has 21 heavy (non-hydrogen) atoms. The van der Waals surface area contributed by atoms with Gasteiger partial charge in [0, 0.05) is 12.5 Å². The quantitative estimate of drug-likeness (QED) is 0.874. The van der Waals surface area contributed by atoms with E-state index in [9.17, 15) is 4.79 Å². The van der Waals surface area contributed by atoms with Crippen molar-refractivity contribution in [1.82, 2.24) is 10.6 Å². The summed E-state index contributed by atoms with van der Waals surface area (Å²) in [5, 5.41) is 6.54. The molecule has 1 aliphatic carbocycles. The lowest BCUT2D eigenvalue weighted by Crippen LogP contribution is -2.34. The van der Waals surface area contributed by atoms with Crippen molar-refractivity contribution in [2.45, 2.75) is 38.5 Å². The van der Waals surface area contributed by atoms with E-state index in [1.165, 1.54) is 18.4 Å². The van der Waals surface area contributed by atoms with E-state index < -0.39 is 0 Å². The zero-order chi connectivity index (χ0) is 14.7. The molecule has 1 heterocycles. The lowest BCUT2D eigenvalue weighted by Gasteiger charge is -2.23. The normalized spacial score (nSPS) is 24.5. The molecule has 1 amide bonds. The average molecular weight is 286 g/mol. The first-order chi connectivity index (χ1) is 10.2. The van der Waals surface area contributed by atoms with Gasteiger partial charge in [-0.3, -0.25) is 4.79 Å². The lowest BCUT2D eigenvalue weighted by molar-refractivity contribution is -0.123. The van der Waals surface area contributed by atoms with Crippen LogP contribution in [0.1, 0.15) is 44.1 Å². The summed E-state index contributed by atoms with van der Waals surface area (Å²) < 4.78 is 0. The molecule has 0 aromatic heterocycles. The van der Waals surface area contributed by atoms with Crippen LogP contribution in [0, 0.1) is 11.3 Å². The van der Waals surface area contributed by atoms with E-state index in [4.69, 9.17) is 0 Å². The molecule has 1 aliphatic heterocycles. The Morgan fingerprint density at radius 1 is 1.33 bits per heavy atom. The van der Waals surface area contributed by atoms with Gasteiger partial charge in [0.2, 0.25) is 5.91 Å². The number of piperidine rings is 1. The van der Waals surface area contributed by atoms with Gasteiger partial charge in [-0.25, -0.2) is 0 Å². The molecule has 3 heteroatoms. The minimum Gasteiger partial charge on any atom is -0.356 e. The summed E-state index contributed by atoms with van der Waals surface area (Å²) in [4.78, 5) is 12.3. The minimum atomic E-state index is 0.284. The van der Waals surface area contributed by atoms with Crippen LogP contribution >= 0.6 is 0 Å². The van der Waals surface area contributed by atoms with Crippen molar-refractivity contribution in [3.63, 3.8) is 0 Å². The SMILES string of the molecule is CC(CCNC(=O)C1CC12CCNCC2)c1ccccc1. The maximum Gasteiger partial charge on any atom is 0.223 e. The van der Waals surface area contributed by atoms with Crippen molar-refractivity contribution in [1.29, 1.82) is 0 Å². The molecule has 2 N–H and O–H groups in total. The molecule has 1 aromatic carbocycles. The molecule has 1 aromatic rings. The maximum absolute atomic E-state index is 12.3. The largest absolute Gasteiger partial charge is 0.356 e. The van der Waals surface area contributed by atoms with E-state index in [0.717, 1.165) is 32.5 Å². The van der Waals surface area contributed by atoms with Crippen LogP contribution in [0.4, 0.5) is 0 Å². The van der Waals surface area contributed by atoms with Gasteiger partial charge in [-0.05, 0) is 55.7 Å². The number of benzene rings is 1. The van der Waals surface area contributed by atoms with E-state index in [-0.39, 0.29) is 11.8 Å². The fourth-order valence-corrected chi connectivity index (χ4v) is 3.68. The number of rotatable bonds is 5. The number of carbonyl (C=O) groups is 1. The van der Waals surface area contributed by atoms with Crippen molar-refractivity contribution >= 4 is 5.91 Å². The van der Waals surface area contributed by atoms with E-state index >= 15 is 0 Å². The number of carbonyl (C=O) groups excluding carboxylic acids is 1. The van der Waals surface area contributed by atoms with E-state index in [1.807, 2.05) is 6.07 Å². The molecule has 3 rings (SSSR count). The average Bonchev–Trinajstić information content (AvgIpc) is 3.22. The fourth-order valence-electron chi connectivity index (χ4n) is 3.68. The highest BCUT2D eigenvalue weighted by molar-refractivity contribution is 5.82. The van der Waals surface area contributed by atoms with E-state index in [1.54, 1.807) is 0 Å². The van der Waals surface area contributed by atoms with Crippen molar-refractivity contribution in [3.8, 4) is 0 Å². The predicted octanol–water partition coefficient (Wildman–Crippen LogP) is 2.69. The first-order valence-electron chi connectivity index (χ1n) is 8.25. The Labute approximate surface area is 127 Å². The van der Waals surface area contributed by atoms with Gasteiger partial charge in [-0.15, -0.1) is 0 Å². The summed E-state index contributed by atoms with van der Waals surface area (Å²) in [5.41, 5.74) is 1.70. The molecule has 0 bridgehead atoms. The van der Waals surface area contributed by atoms with Crippen molar-refractivity contribution in [2.24, 2.45) is 11.3 Å². The van der Waals surface area contributed by atoms with Crippen molar-refractivity contribution in [3.05, 3.63) is 35.9 Å². The van der Waals surface area contributed by atoms with E-state index in [2.05, 4.69) is 41.8 Å². The minimum absolute atomic E-state index is 0.284. The molecule has 2 atom stereocenters. The predicted molar refractivity (Wildman–Crippen MR) is 85.1 cm³/mol. The van der Waals surface area contributed by atoms with Gasteiger partial charge in [0.1, 0.15) is 0 Å². The third-order valence-corrected chi connectivity index (χ3v) is 5.35. The van der Waals surface area contributed by atoms with Gasteiger partial charge in [0.25, 0.3) is 0 Å². The zero-order valence-corrected chi connectivity index (χ0v) is 12.9. The number of hydrogen-bond donors (Lipinski definition) is 2. The van der Waals surface area contributed by atoms with Crippen LogP contribution in [0.25, 0.3) is 0 Å². The smallest absolute Gasteiger partial charge is 0.223 e. The van der Waals surface area contributed by atoms with Gasteiger partial charge >= 0.3 is 0 Å². The van der Waals surface area contributed by atoms with Gasteiger partial charge in [0.15, 0.2) is 0 Å². The van der Waals surface area contributed by atoms with Crippen LogP contribution < -0.4 is 10.6 Å². The summed E-state index contributed by atoms with van der Waals surface area (Å²) >= 11 is 0. The molecule has 1 saturated heterocycles. The molecule has 114 valence electrons. The monoisotopic (exact) mass is 286 g/mol. The van der Waals surface area contributed by atoms with Gasteiger partial charge in [-0.1, -0.05) is 37.3 Å². The molecule has 2 aliphatic rings. The van der Waals surface area contributed by atoms with Crippen LogP contribution in [-0.2, 0) is 4.79 Å². The second-order valence-electron chi connectivity index (χ2n) is 6.76. The molecule has 3 nitrogen and oxygen atoms in total. The molecule has 2 unspecified atom stereocenters. The van der Waals surface area contributed by atoms with E-state index in [0.29, 0.717) is 11.3 Å². The lowest BCUT2D eigenvalue weighted by atomic mass is 9.91. The Balaban J connectivity index is 1.41. The Kier molecular flexibility index (Phi) is 4.29. The Morgan fingerprint density at radius 3 is 2.76 bits per heavy atom. The summed E-state index contributed by atoms with van der Waals surface area (Å²) in [6.45, 7) is 5.18. The second kappa shape index (κ2) is 6.18. The third-order valence-electron chi connectivity index (χ3n) is 5.35. The van der Waals surface area contributed by atoms with Crippen LogP contribution in [0.3, 0.4) is 0 Å². The zero-order valence-electron chi connectivity index (χ0n) is 12.9. The van der Waals surface area contributed by atoms with Crippen LogP contribution in [0.15, 0.2) is 30.3 Å².